The molecule has 4 heterocycles. The van der Waals surface area contributed by atoms with Crippen LogP contribution in [0.2, 0.25) is 0 Å². The van der Waals surface area contributed by atoms with E-state index in [2.05, 4.69) is 64.3 Å². The Morgan fingerprint density at radius 2 is 2.28 bits per heavy atom. The maximum atomic E-state index is 12.7. The lowest BCUT2D eigenvalue weighted by atomic mass is 10.2. The minimum atomic E-state index is -0.0422. The Balaban J connectivity index is 1.57. The van der Waals surface area contributed by atoms with Gasteiger partial charge in [-0.25, -0.2) is 9.78 Å². The highest BCUT2D eigenvalue weighted by Crippen LogP contribution is 2.28. The third kappa shape index (κ3) is 4.79. The lowest BCUT2D eigenvalue weighted by Gasteiger charge is -2.22. The summed E-state index contributed by atoms with van der Waals surface area (Å²) in [6, 6.07) is 6.14. The second-order valence-electron chi connectivity index (χ2n) is 7.92. The number of rotatable bonds is 8. The molecule has 0 aromatic carbocycles. The largest absolute Gasteiger partial charge is 0.383 e. The number of nitrogens with one attached hydrogen (secondary N) is 2. The smallest absolute Gasteiger partial charge is 0.317 e. The van der Waals surface area contributed by atoms with Crippen LogP contribution in [0, 0.1) is 0 Å². The number of fused-ring (bicyclic) bond motifs is 2. The number of carbonyl (C=O) groups is 1. The molecule has 3 aromatic rings. The first-order chi connectivity index (χ1) is 15.6. The fourth-order valence-corrected chi connectivity index (χ4v) is 5.27. The number of hydrogen-bond acceptors (Lipinski definition) is 3. The summed E-state index contributed by atoms with van der Waals surface area (Å²) < 4.78 is 7.35. The van der Waals surface area contributed by atoms with E-state index in [9.17, 15) is 4.79 Å². The molecule has 1 aliphatic heterocycles. The van der Waals surface area contributed by atoms with E-state index in [4.69, 9.17) is 4.74 Å². The number of aryl methyl sites for hydroxylation is 1. The summed E-state index contributed by atoms with van der Waals surface area (Å²) in [6.45, 7) is 4.46. The van der Waals surface area contributed by atoms with Gasteiger partial charge in [-0.2, -0.15) is 0 Å². The van der Waals surface area contributed by atoms with E-state index in [1.807, 2.05) is 11.0 Å². The number of allylic oxidation sites excluding steroid dienone is 1. The van der Waals surface area contributed by atoms with Gasteiger partial charge in [0.1, 0.15) is 5.65 Å². The molecule has 7 nitrogen and oxygen atoms in total. The van der Waals surface area contributed by atoms with Crippen molar-refractivity contribution in [1.29, 1.82) is 0 Å². The van der Waals surface area contributed by atoms with E-state index in [1.165, 1.54) is 21.9 Å². The van der Waals surface area contributed by atoms with Crippen LogP contribution in [0.15, 0.2) is 42.7 Å². The van der Waals surface area contributed by atoms with E-state index in [0.717, 1.165) is 44.3 Å². The minimum Gasteiger partial charge on any atom is -0.383 e. The van der Waals surface area contributed by atoms with Gasteiger partial charge in [-0.15, -0.1) is 0 Å². The standard InChI is InChI=1S/C24H30N5O2P/c1-4-11-29(12-13-31-3)24(30)26-15-18-8-5-9-21-22(32-18)19(16-28(21)2)20-14-17-7-6-10-25-23(17)27-20/h5-8,10,14,16H,4,9,11-13,15H2,1-3H3,(H,25,27)(H,26,30). The Hall–Kier alpha value is -2.89. The lowest BCUT2D eigenvalue weighted by Crippen LogP contribution is -2.43. The third-order valence-electron chi connectivity index (χ3n) is 5.60. The molecule has 0 aliphatic carbocycles. The average molecular weight is 452 g/mol. The molecule has 0 saturated carbocycles. The van der Waals surface area contributed by atoms with Crippen molar-refractivity contribution in [3.8, 4) is 11.3 Å². The van der Waals surface area contributed by atoms with Crippen LogP contribution in [0.1, 0.15) is 19.0 Å². The second-order valence-corrected chi connectivity index (χ2v) is 9.17. The predicted octanol–water partition coefficient (Wildman–Crippen LogP) is 3.49. The molecule has 168 valence electrons. The van der Waals surface area contributed by atoms with E-state index in [1.54, 1.807) is 13.3 Å². The van der Waals surface area contributed by atoms with Gasteiger partial charge in [0.05, 0.1) is 12.3 Å². The molecule has 2 amide bonds. The summed E-state index contributed by atoms with van der Waals surface area (Å²) in [6.07, 6.45) is 10.1. The number of aromatic nitrogens is 3. The number of ether oxygens (including phenoxy) is 1. The van der Waals surface area contributed by atoms with Gasteiger partial charge in [0.25, 0.3) is 0 Å². The normalized spacial score (nSPS) is 13.5. The molecule has 2 N–H and O–H groups in total. The summed E-state index contributed by atoms with van der Waals surface area (Å²) in [5.41, 5.74) is 4.44. The van der Waals surface area contributed by atoms with Gasteiger partial charge in [-0.1, -0.05) is 27.3 Å². The molecule has 0 unspecified atom stereocenters. The summed E-state index contributed by atoms with van der Waals surface area (Å²) >= 11 is 0. The Morgan fingerprint density at radius 1 is 1.41 bits per heavy atom. The van der Waals surface area contributed by atoms with Crippen LogP contribution in [0.4, 0.5) is 4.79 Å². The summed E-state index contributed by atoms with van der Waals surface area (Å²) in [5, 5.41) is 6.65. The molecule has 0 spiro atoms. The molecule has 0 bridgehead atoms. The molecule has 0 radical (unpaired) electrons. The van der Waals surface area contributed by atoms with Gasteiger partial charge in [-0.05, 0) is 29.9 Å². The average Bonchev–Trinajstić information content (AvgIpc) is 3.28. The Labute approximate surface area is 190 Å². The molecule has 8 heteroatoms. The van der Waals surface area contributed by atoms with Crippen LogP contribution >= 0.6 is 8.20 Å². The zero-order valence-electron chi connectivity index (χ0n) is 18.9. The quantitative estimate of drug-likeness (QED) is 0.515. The molecule has 0 atom stereocenters. The lowest BCUT2D eigenvalue weighted by molar-refractivity contribution is 0.150. The summed E-state index contributed by atoms with van der Waals surface area (Å²) in [4.78, 5) is 22.4. The highest BCUT2D eigenvalue weighted by atomic mass is 31.1. The monoisotopic (exact) mass is 451 g/mol. The molecule has 32 heavy (non-hydrogen) atoms. The van der Waals surface area contributed by atoms with Crippen molar-refractivity contribution < 1.29 is 9.53 Å². The van der Waals surface area contributed by atoms with Gasteiger partial charge in [0.2, 0.25) is 0 Å². The van der Waals surface area contributed by atoms with Crippen molar-refractivity contribution in [2.45, 2.75) is 19.8 Å². The highest BCUT2D eigenvalue weighted by Gasteiger charge is 2.19. The topological polar surface area (TPSA) is 75.2 Å². The van der Waals surface area contributed by atoms with Crippen LogP contribution in [0.3, 0.4) is 0 Å². The van der Waals surface area contributed by atoms with Crippen LogP contribution in [-0.4, -0.2) is 64.1 Å². The van der Waals surface area contributed by atoms with E-state index < -0.39 is 0 Å². The van der Waals surface area contributed by atoms with Crippen molar-refractivity contribution in [3.63, 3.8) is 0 Å². The number of nitrogens with zero attached hydrogens (tertiary/aromatic N) is 3. The number of carbonyl (C=O) groups excluding carboxylic acids is 1. The van der Waals surface area contributed by atoms with Gasteiger partial charge >= 0.3 is 6.03 Å². The fourth-order valence-electron chi connectivity index (χ4n) is 3.97. The molecule has 0 saturated heterocycles. The van der Waals surface area contributed by atoms with E-state index in [-0.39, 0.29) is 6.03 Å². The molecule has 3 aromatic heterocycles. The van der Waals surface area contributed by atoms with Crippen molar-refractivity contribution in [1.82, 2.24) is 24.8 Å². The van der Waals surface area contributed by atoms with Crippen molar-refractivity contribution in [2.75, 3.05) is 33.4 Å². The van der Waals surface area contributed by atoms with Crippen LogP contribution in [0.25, 0.3) is 22.3 Å². The third-order valence-corrected chi connectivity index (χ3v) is 6.92. The first-order valence-corrected chi connectivity index (χ1v) is 11.9. The van der Waals surface area contributed by atoms with Gasteiger partial charge in [0, 0.05) is 74.6 Å². The fraction of sp³-hybridized carbons (Fsp3) is 0.375. The van der Waals surface area contributed by atoms with Crippen LogP contribution < -0.4 is 10.6 Å². The van der Waals surface area contributed by atoms with Crippen molar-refractivity contribution in [3.05, 3.63) is 48.4 Å². The molecular weight excluding hydrogens is 421 g/mol. The first kappa shape index (κ1) is 22.3. The van der Waals surface area contributed by atoms with Crippen LogP contribution in [0.5, 0.6) is 0 Å². The first-order valence-electron chi connectivity index (χ1n) is 11.0. The maximum absolute atomic E-state index is 12.7. The zero-order valence-corrected chi connectivity index (χ0v) is 19.8. The summed E-state index contributed by atoms with van der Waals surface area (Å²) in [5.74, 6) is 0. The SMILES string of the molecule is CCCN(CCOC)C(=O)NCC1=Pc2c(-c3cc4cccnc4[nH]3)cn(C)c2CC=C1. The van der Waals surface area contributed by atoms with Gasteiger partial charge in [-0.3, -0.25) is 0 Å². The number of pyridine rings is 1. The number of hydrogen-bond donors (Lipinski definition) is 2. The molecule has 0 fully saturated rings. The van der Waals surface area contributed by atoms with Crippen LogP contribution in [-0.2, 0) is 18.2 Å². The van der Waals surface area contributed by atoms with Crippen molar-refractivity contribution in [2.24, 2.45) is 7.05 Å². The Kier molecular flexibility index (Phi) is 7.08. The number of urea groups is 1. The number of methoxy groups -OCH3 is 1. The second kappa shape index (κ2) is 10.2. The molecular formula is C24H30N5O2P. The number of amides is 2. The predicted molar refractivity (Wildman–Crippen MR) is 132 cm³/mol. The molecule has 4 rings (SSSR count). The minimum absolute atomic E-state index is 0.0422. The molecule has 1 aliphatic rings. The van der Waals surface area contributed by atoms with Gasteiger partial charge < -0.3 is 24.5 Å². The maximum Gasteiger partial charge on any atom is 0.317 e. The zero-order chi connectivity index (χ0) is 22.5. The van der Waals surface area contributed by atoms with Crippen molar-refractivity contribution >= 4 is 35.9 Å². The van der Waals surface area contributed by atoms with E-state index in [0.29, 0.717) is 19.7 Å². The summed E-state index contributed by atoms with van der Waals surface area (Å²) in [7, 11) is 4.86. The number of aromatic amines is 1. The van der Waals surface area contributed by atoms with Gasteiger partial charge in [0.15, 0.2) is 0 Å². The highest BCUT2D eigenvalue weighted by molar-refractivity contribution is 7.50. The van der Waals surface area contributed by atoms with E-state index >= 15 is 0 Å². The Bertz CT molecular complexity index is 1130. The Morgan fingerprint density at radius 3 is 3.06 bits per heavy atom. The number of H-pyrrole nitrogens is 1.